The Balaban J connectivity index is 2.43. The molecule has 1 N–H and O–H groups in total. The molecule has 1 aromatic rings. The van der Waals surface area contributed by atoms with Gasteiger partial charge in [0.25, 0.3) is 0 Å². The van der Waals surface area contributed by atoms with Crippen LogP contribution >= 0.6 is 23.2 Å². The summed E-state index contributed by atoms with van der Waals surface area (Å²) >= 11 is 12.0. The van der Waals surface area contributed by atoms with Crippen LogP contribution in [0.1, 0.15) is 39.7 Å². The molecule has 108 valence electrons. The molecule has 0 spiro atoms. The van der Waals surface area contributed by atoms with Crippen LogP contribution in [0, 0.1) is 11.3 Å². The van der Waals surface area contributed by atoms with Gasteiger partial charge in [-0.2, -0.15) is 0 Å². The summed E-state index contributed by atoms with van der Waals surface area (Å²) < 4.78 is 0. The molecule has 0 heterocycles. The summed E-state index contributed by atoms with van der Waals surface area (Å²) in [6.45, 7) is 11.2. The van der Waals surface area contributed by atoms with E-state index in [4.69, 9.17) is 23.2 Å². The van der Waals surface area contributed by atoms with Gasteiger partial charge in [-0.3, -0.25) is 0 Å². The average molecular weight is 302 g/mol. The zero-order chi connectivity index (χ0) is 14.5. The second kappa shape index (κ2) is 7.52. The van der Waals surface area contributed by atoms with Gasteiger partial charge in [0, 0.05) is 6.54 Å². The van der Waals surface area contributed by atoms with Crippen molar-refractivity contribution < 1.29 is 0 Å². The first-order valence-electron chi connectivity index (χ1n) is 6.95. The van der Waals surface area contributed by atoms with E-state index in [1.165, 1.54) is 5.56 Å². The molecule has 0 aromatic heterocycles. The summed E-state index contributed by atoms with van der Waals surface area (Å²) in [5.74, 6) is 0.700. The normalized spacial score (nSPS) is 12.2. The molecule has 0 radical (unpaired) electrons. The summed E-state index contributed by atoms with van der Waals surface area (Å²) in [5.41, 5.74) is 1.55. The fourth-order valence-corrected chi connectivity index (χ4v) is 2.29. The molecule has 0 aliphatic rings. The Morgan fingerprint density at radius 1 is 1.16 bits per heavy atom. The topological polar surface area (TPSA) is 12.0 Å². The van der Waals surface area contributed by atoms with Crippen LogP contribution in [0.25, 0.3) is 0 Å². The Kier molecular flexibility index (Phi) is 6.65. The van der Waals surface area contributed by atoms with E-state index in [0.29, 0.717) is 21.4 Å². The molecule has 1 aromatic carbocycles. The van der Waals surface area contributed by atoms with E-state index >= 15 is 0 Å². The smallest absolute Gasteiger partial charge is 0.0595 e. The third-order valence-electron chi connectivity index (χ3n) is 3.23. The molecule has 0 fully saturated rings. The minimum atomic E-state index is 0.293. The molecular weight excluding hydrogens is 277 g/mol. The maximum atomic E-state index is 6.04. The molecule has 3 heteroatoms. The fourth-order valence-electron chi connectivity index (χ4n) is 1.97. The molecule has 0 saturated heterocycles. The molecule has 0 aliphatic carbocycles. The SMILES string of the molecule is CC(C)CNCC(C)(C)CCc1ccc(Cl)c(Cl)c1. The molecule has 0 bridgehead atoms. The highest BCUT2D eigenvalue weighted by Crippen LogP contribution is 2.26. The van der Waals surface area contributed by atoms with E-state index in [0.717, 1.165) is 25.9 Å². The van der Waals surface area contributed by atoms with Gasteiger partial charge in [-0.1, -0.05) is 57.0 Å². The molecule has 0 amide bonds. The van der Waals surface area contributed by atoms with Crippen LogP contribution in [-0.4, -0.2) is 13.1 Å². The highest BCUT2D eigenvalue weighted by atomic mass is 35.5. The van der Waals surface area contributed by atoms with Crippen molar-refractivity contribution in [3.05, 3.63) is 33.8 Å². The van der Waals surface area contributed by atoms with Crippen LogP contribution in [0.15, 0.2) is 18.2 Å². The van der Waals surface area contributed by atoms with E-state index in [2.05, 4.69) is 39.1 Å². The molecule has 0 atom stereocenters. The first-order valence-corrected chi connectivity index (χ1v) is 7.70. The largest absolute Gasteiger partial charge is 0.316 e. The molecular formula is C16H25Cl2N. The van der Waals surface area contributed by atoms with Crippen LogP contribution in [0.2, 0.25) is 10.0 Å². The van der Waals surface area contributed by atoms with E-state index in [-0.39, 0.29) is 0 Å². The maximum absolute atomic E-state index is 6.04. The highest BCUT2D eigenvalue weighted by Gasteiger charge is 2.17. The quantitative estimate of drug-likeness (QED) is 0.730. The van der Waals surface area contributed by atoms with E-state index in [1.54, 1.807) is 0 Å². The van der Waals surface area contributed by atoms with Gasteiger partial charge in [-0.05, 0) is 48.4 Å². The Bertz CT molecular complexity index is 400. The van der Waals surface area contributed by atoms with Crippen molar-refractivity contribution in [1.82, 2.24) is 5.32 Å². The summed E-state index contributed by atoms with van der Waals surface area (Å²) in [5, 5.41) is 4.81. The Labute approximate surface area is 127 Å². The molecule has 0 unspecified atom stereocenters. The van der Waals surface area contributed by atoms with Gasteiger partial charge in [-0.15, -0.1) is 0 Å². The highest BCUT2D eigenvalue weighted by molar-refractivity contribution is 6.42. The monoisotopic (exact) mass is 301 g/mol. The van der Waals surface area contributed by atoms with Crippen LogP contribution in [0.4, 0.5) is 0 Å². The molecule has 1 rings (SSSR count). The first kappa shape index (κ1) is 16.8. The Morgan fingerprint density at radius 3 is 2.42 bits per heavy atom. The molecule has 19 heavy (non-hydrogen) atoms. The lowest BCUT2D eigenvalue weighted by Crippen LogP contribution is -2.32. The van der Waals surface area contributed by atoms with E-state index in [1.807, 2.05) is 12.1 Å². The second-order valence-electron chi connectivity index (χ2n) is 6.44. The van der Waals surface area contributed by atoms with Crippen molar-refractivity contribution in [3.63, 3.8) is 0 Å². The number of benzene rings is 1. The fraction of sp³-hybridized carbons (Fsp3) is 0.625. The lowest BCUT2D eigenvalue weighted by Gasteiger charge is -2.25. The number of nitrogens with one attached hydrogen (secondary N) is 1. The third kappa shape index (κ3) is 6.65. The number of aryl methyl sites for hydroxylation is 1. The average Bonchev–Trinajstić information content (AvgIpc) is 2.30. The summed E-state index contributed by atoms with van der Waals surface area (Å²) in [6.07, 6.45) is 2.17. The van der Waals surface area contributed by atoms with Crippen LogP contribution < -0.4 is 5.32 Å². The van der Waals surface area contributed by atoms with Crippen LogP contribution in [0.3, 0.4) is 0 Å². The second-order valence-corrected chi connectivity index (χ2v) is 7.25. The van der Waals surface area contributed by atoms with Crippen LogP contribution in [-0.2, 0) is 6.42 Å². The lowest BCUT2D eigenvalue weighted by atomic mass is 9.86. The number of hydrogen-bond donors (Lipinski definition) is 1. The van der Waals surface area contributed by atoms with Crippen molar-refractivity contribution in [2.45, 2.75) is 40.5 Å². The summed E-state index contributed by atoms with van der Waals surface area (Å²) in [6, 6.07) is 5.91. The van der Waals surface area contributed by atoms with Gasteiger partial charge in [0.2, 0.25) is 0 Å². The van der Waals surface area contributed by atoms with Gasteiger partial charge in [0.1, 0.15) is 0 Å². The minimum absolute atomic E-state index is 0.293. The van der Waals surface area contributed by atoms with Crippen molar-refractivity contribution in [2.24, 2.45) is 11.3 Å². The first-order chi connectivity index (χ1) is 8.80. The van der Waals surface area contributed by atoms with Gasteiger partial charge in [-0.25, -0.2) is 0 Å². The van der Waals surface area contributed by atoms with Gasteiger partial charge in [0.05, 0.1) is 10.0 Å². The van der Waals surface area contributed by atoms with E-state index in [9.17, 15) is 0 Å². The van der Waals surface area contributed by atoms with Gasteiger partial charge >= 0.3 is 0 Å². The number of halogens is 2. The zero-order valence-corrected chi connectivity index (χ0v) is 13.9. The van der Waals surface area contributed by atoms with Crippen molar-refractivity contribution in [1.29, 1.82) is 0 Å². The summed E-state index contributed by atoms with van der Waals surface area (Å²) in [7, 11) is 0. The number of hydrogen-bond acceptors (Lipinski definition) is 1. The number of rotatable bonds is 7. The maximum Gasteiger partial charge on any atom is 0.0595 e. The minimum Gasteiger partial charge on any atom is -0.316 e. The third-order valence-corrected chi connectivity index (χ3v) is 3.97. The standard InChI is InChI=1S/C16H25Cl2N/c1-12(2)10-19-11-16(3,4)8-7-13-5-6-14(17)15(18)9-13/h5-6,9,12,19H,7-8,10-11H2,1-4H3. The predicted molar refractivity (Wildman–Crippen MR) is 86.3 cm³/mol. The van der Waals surface area contributed by atoms with Crippen LogP contribution in [0.5, 0.6) is 0 Å². The van der Waals surface area contributed by atoms with Crippen molar-refractivity contribution in [2.75, 3.05) is 13.1 Å². The van der Waals surface area contributed by atoms with Gasteiger partial charge < -0.3 is 5.32 Å². The Morgan fingerprint density at radius 2 is 1.84 bits per heavy atom. The Hall–Kier alpha value is -0.240. The molecule has 0 saturated carbocycles. The molecule has 1 nitrogen and oxygen atoms in total. The lowest BCUT2D eigenvalue weighted by molar-refractivity contribution is 0.308. The van der Waals surface area contributed by atoms with Crippen molar-refractivity contribution >= 4 is 23.2 Å². The zero-order valence-electron chi connectivity index (χ0n) is 12.4. The van der Waals surface area contributed by atoms with Gasteiger partial charge in [0.15, 0.2) is 0 Å². The van der Waals surface area contributed by atoms with E-state index < -0.39 is 0 Å². The predicted octanol–water partition coefficient (Wildman–Crippen LogP) is 5.20. The summed E-state index contributed by atoms with van der Waals surface area (Å²) in [4.78, 5) is 0. The molecule has 0 aliphatic heterocycles. The van der Waals surface area contributed by atoms with Crippen molar-refractivity contribution in [3.8, 4) is 0 Å².